The number of likely N-dealkylation sites (tertiary alicyclic amines) is 1. The average Bonchev–Trinajstić information content (AvgIpc) is 3.47. The molecule has 3 aromatic heterocycles. The lowest BCUT2D eigenvalue weighted by Gasteiger charge is -2.20. The molecule has 2 amide bonds. The second kappa shape index (κ2) is 13.3. The van der Waals surface area contributed by atoms with E-state index in [1.807, 2.05) is 43.7 Å². The fourth-order valence-electron chi connectivity index (χ4n) is 3.57. The van der Waals surface area contributed by atoms with Crippen molar-refractivity contribution in [3.8, 4) is 5.69 Å². The molecule has 3 aromatic rings. The minimum absolute atomic E-state index is 0.170. The van der Waals surface area contributed by atoms with Crippen LogP contribution in [0.15, 0.2) is 62.1 Å². The van der Waals surface area contributed by atoms with Gasteiger partial charge < -0.3 is 5.32 Å². The molecule has 34 heavy (non-hydrogen) atoms. The summed E-state index contributed by atoms with van der Waals surface area (Å²) >= 11 is 0. The molecule has 1 atom stereocenters. The molecule has 0 spiro atoms. The van der Waals surface area contributed by atoms with Crippen LogP contribution in [-0.4, -0.2) is 55.9 Å². The molecule has 1 unspecified atom stereocenters. The Bertz CT molecular complexity index is 1080. The summed E-state index contributed by atoms with van der Waals surface area (Å²) in [4.78, 5) is 23.3. The molecule has 0 bridgehead atoms. The molecule has 4 rings (SSSR count). The van der Waals surface area contributed by atoms with Gasteiger partial charge in [0.1, 0.15) is 5.82 Å². The zero-order chi connectivity index (χ0) is 25.1. The summed E-state index contributed by atoms with van der Waals surface area (Å²) in [5.41, 5.74) is 2.73. The summed E-state index contributed by atoms with van der Waals surface area (Å²) in [5.74, 6) is 0.508. The molecule has 1 aliphatic rings. The summed E-state index contributed by atoms with van der Waals surface area (Å²) in [6.07, 6.45) is 9.50. The van der Waals surface area contributed by atoms with Crippen LogP contribution >= 0.6 is 0 Å². The maximum absolute atomic E-state index is 12.3. The van der Waals surface area contributed by atoms with Gasteiger partial charge in [0, 0.05) is 42.5 Å². The number of nitrogens with zero attached hydrogens (tertiary/aromatic N) is 5. The van der Waals surface area contributed by atoms with E-state index in [4.69, 9.17) is 0 Å². The van der Waals surface area contributed by atoms with Gasteiger partial charge in [0.15, 0.2) is 0 Å². The standard InChI is InChI=1S/C20H25N7O.C4H6.C2H6/c1-13(2)26-7-5-16(12-26)24-20(28)25-19-9-15-10-23-27(18(15)11-22-19)17-4-6-21-14(3)8-17;1-3-4-2;1-2/h4,6,8-11,13,16H,5,7,12H2,1-3H3,(H2,22,24,25,28);3-4H,1-2H2;1-2H3. The average molecular weight is 464 g/mol. The predicted molar refractivity (Wildman–Crippen MR) is 140 cm³/mol. The molecular formula is C26H37N7O. The number of hydrogen-bond donors (Lipinski definition) is 2. The van der Waals surface area contributed by atoms with E-state index < -0.39 is 0 Å². The van der Waals surface area contributed by atoms with Crippen molar-refractivity contribution in [2.75, 3.05) is 18.4 Å². The van der Waals surface area contributed by atoms with Crippen molar-refractivity contribution in [3.63, 3.8) is 0 Å². The smallest absolute Gasteiger partial charge is 0.320 e. The number of aromatic nitrogens is 4. The zero-order valence-electron chi connectivity index (χ0n) is 21.0. The van der Waals surface area contributed by atoms with E-state index >= 15 is 0 Å². The first-order valence-corrected chi connectivity index (χ1v) is 11.7. The van der Waals surface area contributed by atoms with Gasteiger partial charge in [0.2, 0.25) is 0 Å². The maximum atomic E-state index is 12.3. The van der Waals surface area contributed by atoms with E-state index in [1.54, 1.807) is 30.7 Å². The van der Waals surface area contributed by atoms with Crippen molar-refractivity contribution < 1.29 is 4.79 Å². The normalized spacial score (nSPS) is 15.1. The van der Waals surface area contributed by atoms with E-state index in [1.165, 1.54) is 0 Å². The Labute approximate surface area is 202 Å². The number of urea groups is 1. The SMILES string of the molecule is C=CC=C.CC.Cc1cc(-n2ncc3cc(NC(=O)NC4CCN(C(C)C)C4)ncc32)ccn1. The minimum atomic E-state index is -0.223. The maximum Gasteiger partial charge on any atom is 0.320 e. The third-order valence-corrected chi connectivity index (χ3v) is 5.27. The Morgan fingerprint density at radius 2 is 1.91 bits per heavy atom. The van der Waals surface area contributed by atoms with Gasteiger partial charge >= 0.3 is 6.03 Å². The Hall–Kier alpha value is -3.52. The van der Waals surface area contributed by atoms with Crippen molar-refractivity contribution in [1.29, 1.82) is 0 Å². The number of fused-ring (bicyclic) bond motifs is 1. The molecule has 8 heteroatoms. The van der Waals surface area contributed by atoms with E-state index in [9.17, 15) is 4.79 Å². The highest BCUT2D eigenvalue weighted by Crippen LogP contribution is 2.20. The third kappa shape index (κ3) is 7.25. The highest BCUT2D eigenvalue weighted by atomic mass is 16.2. The molecule has 0 aliphatic carbocycles. The van der Waals surface area contributed by atoms with Crippen LogP contribution in [0.4, 0.5) is 10.6 Å². The Morgan fingerprint density at radius 3 is 2.53 bits per heavy atom. The van der Waals surface area contributed by atoms with Crippen LogP contribution in [0, 0.1) is 6.92 Å². The van der Waals surface area contributed by atoms with E-state index in [-0.39, 0.29) is 12.1 Å². The number of pyridine rings is 2. The topological polar surface area (TPSA) is 88.0 Å². The van der Waals surface area contributed by atoms with Crippen molar-refractivity contribution in [2.45, 2.75) is 53.1 Å². The number of nitrogens with one attached hydrogen (secondary N) is 2. The lowest BCUT2D eigenvalue weighted by molar-refractivity contribution is 0.244. The van der Waals surface area contributed by atoms with Crippen LogP contribution < -0.4 is 10.6 Å². The molecule has 1 saturated heterocycles. The van der Waals surface area contributed by atoms with Crippen molar-refractivity contribution in [1.82, 2.24) is 30.0 Å². The van der Waals surface area contributed by atoms with Gasteiger partial charge in [0.05, 0.1) is 23.6 Å². The van der Waals surface area contributed by atoms with Crippen LogP contribution in [-0.2, 0) is 0 Å². The molecule has 1 fully saturated rings. The van der Waals surface area contributed by atoms with Crippen LogP contribution in [0.2, 0.25) is 0 Å². The van der Waals surface area contributed by atoms with Gasteiger partial charge in [-0.2, -0.15) is 5.10 Å². The first-order chi connectivity index (χ1) is 16.4. The van der Waals surface area contributed by atoms with Gasteiger partial charge in [-0.25, -0.2) is 14.5 Å². The van der Waals surface area contributed by atoms with Crippen LogP contribution in [0.5, 0.6) is 0 Å². The fourth-order valence-corrected chi connectivity index (χ4v) is 3.57. The zero-order valence-corrected chi connectivity index (χ0v) is 21.0. The number of carbonyl (C=O) groups is 1. The molecular weight excluding hydrogens is 426 g/mol. The number of hydrogen-bond acceptors (Lipinski definition) is 5. The van der Waals surface area contributed by atoms with Gasteiger partial charge in [-0.1, -0.05) is 39.2 Å². The van der Waals surface area contributed by atoms with Crippen LogP contribution in [0.25, 0.3) is 16.6 Å². The molecule has 4 heterocycles. The summed E-state index contributed by atoms with van der Waals surface area (Å²) in [6.45, 7) is 18.9. The largest absolute Gasteiger partial charge is 0.334 e. The van der Waals surface area contributed by atoms with Crippen molar-refractivity contribution >= 4 is 22.8 Å². The highest BCUT2D eigenvalue weighted by molar-refractivity contribution is 5.91. The lowest BCUT2D eigenvalue weighted by atomic mass is 10.3. The Kier molecular flexibility index (Phi) is 10.4. The van der Waals surface area contributed by atoms with Gasteiger partial charge in [0.25, 0.3) is 0 Å². The highest BCUT2D eigenvalue weighted by Gasteiger charge is 2.25. The van der Waals surface area contributed by atoms with Gasteiger partial charge in [-0.3, -0.25) is 15.2 Å². The number of anilines is 1. The quantitative estimate of drug-likeness (QED) is 0.513. The molecule has 8 nitrogen and oxygen atoms in total. The molecule has 0 saturated carbocycles. The Morgan fingerprint density at radius 1 is 1.18 bits per heavy atom. The molecule has 0 aromatic carbocycles. The second-order valence-electron chi connectivity index (χ2n) is 7.98. The number of carbonyl (C=O) groups excluding carboxylic acids is 1. The minimum Gasteiger partial charge on any atom is -0.334 e. The summed E-state index contributed by atoms with van der Waals surface area (Å²) < 4.78 is 1.82. The lowest BCUT2D eigenvalue weighted by Crippen LogP contribution is -2.40. The predicted octanol–water partition coefficient (Wildman–Crippen LogP) is 5.11. The van der Waals surface area contributed by atoms with E-state index in [0.29, 0.717) is 11.9 Å². The third-order valence-electron chi connectivity index (χ3n) is 5.27. The Balaban J connectivity index is 0.000000618. The monoisotopic (exact) mass is 463 g/mol. The second-order valence-corrected chi connectivity index (χ2v) is 7.98. The van der Waals surface area contributed by atoms with E-state index in [0.717, 1.165) is 41.8 Å². The van der Waals surface area contributed by atoms with E-state index in [2.05, 4.69) is 57.6 Å². The molecule has 0 radical (unpaired) electrons. The number of rotatable bonds is 5. The molecule has 2 N–H and O–H groups in total. The first kappa shape index (κ1) is 26.7. The van der Waals surface area contributed by atoms with Crippen molar-refractivity contribution in [2.24, 2.45) is 0 Å². The fraction of sp³-hybridized carbons (Fsp3) is 0.385. The first-order valence-electron chi connectivity index (χ1n) is 11.7. The summed E-state index contributed by atoms with van der Waals surface area (Å²) in [7, 11) is 0. The van der Waals surface area contributed by atoms with Crippen LogP contribution in [0.1, 0.15) is 39.8 Å². The molecule has 182 valence electrons. The van der Waals surface area contributed by atoms with Crippen molar-refractivity contribution in [3.05, 3.63) is 67.8 Å². The van der Waals surface area contributed by atoms with Gasteiger partial charge in [-0.05, 0) is 45.4 Å². The van der Waals surface area contributed by atoms with Crippen LogP contribution in [0.3, 0.4) is 0 Å². The number of amides is 2. The number of allylic oxidation sites excluding steroid dienone is 2. The number of aryl methyl sites for hydroxylation is 1. The van der Waals surface area contributed by atoms with Gasteiger partial charge in [-0.15, -0.1) is 0 Å². The molecule has 1 aliphatic heterocycles. The summed E-state index contributed by atoms with van der Waals surface area (Å²) in [5, 5.41) is 11.2. The summed E-state index contributed by atoms with van der Waals surface area (Å²) in [6, 6.07) is 6.15.